The van der Waals surface area contributed by atoms with Crippen molar-refractivity contribution in [2.75, 3.05) is 6.61 Å². The second-order valence-corrected chi connectivity index (χ2v) is 3.44. The van der Waals surface area contributed by atoms with Gasteiger partial charge in [0.25, 0.3) is 0 Å². The van der Waals surface area contributed by atoms with Crippen molar-refractivity contribution in [2.45, 2.75) is 26.9 Å². The molecule has 0 aliphatic carbocycles. The van der Waals surface area contributed by atoms with Crippen LogP contribution in [0.5, 0.6) is 0 Å². The van der Waals surface area contributed by atoms with E-state index in [2.05, 4.69) is 47.4 Å². The molecular weight excluding hydrogens is 268 g/mol. The van der Waals surface area contributed by atoms with E-state index in [1.807, 2.05) is 6.92 Å². The predicted molar refractivity (Wildman–Crippen MR) is 78.1 cm³/mol. The number of esters is 2. The predicted octanol–water partition coefficient (Wildman–Crippen LogP) is 1.07. The highest BCUT2D eigenvalue weighted by Crippen LogP contribution is 1.93. The van der Waals surface area contributed by atoms with Crippen LogP contribution in [0.15, 0.2) is 12.2 Å². The van der Waals surface area contributed by atoms with E-state index in [9.17, 15) is 9.59 Å². The van der Waals surface area contributed by atoms with Crippen molar-refractivity contribution in [3.8, 4) is 47.4 Å². The summed E-state index contributed by atoms with van der Waals surface area (Å²) < 4.78 is 9.57. The molecule has 0 aliphatic heterocycles. The first kappa shape index (κ1) is 17.9. The van der Waals surface area contributed by atoms with Crippen LogP contribution < -0.4 is 0 Å². The van der Waals surface area contributed by atoms with Crippen LogP contribution in [0, 0.1) is 47.4 Å². The molecule has 0 aromatic heterocycles. The minimum absolute atomic E-state index is 0.135. The van der Waals surface area contributed by atoms with Gasteiger partial charge in [0.15, 0.2) is 6.10 Å². The molecule has 0 radical (unpaired) electrons. The molecule has 0 fully saturated rings. The monoisotopic (exact) mass is 282 g/mol. The molecule has 0 spiro atoms. The van der Waals surface area contributed by atoms with Crippen LogP contribution >= 0.6 is 0 Å². The van der Waals surface area contributed by atoms with Gasteiger partial charge in [0.1, 0.15) is 6.61 Å². The average Bonchev–Trinajstić information content (AvgIpc) is 2.42. The Morgan fingerprint density at radius 3 is 2.19 bits per heavy atom. The highest BCUT2D eigenvalue weighted by molar-refractivity contribution is 5.67. The number of hydrogen-bond acceptors (Lipinski definition) is 4. The van der Waals surface area contributed by atoms with Crippen molar-refractivity contribution in [3.05, 3.63) is 12.2 Å². The van der Waals surface area contributed by atoms with Crippen molar-refractivity contribution in [1.82, 2.24) is 0 Å². The molecule has 0 aliphatic rings. The molecule has 0 aromatic carbocycles. The summed E-state index contributed by atoms with van der Waals surface area (Å²) in [6, 6.07) is 0. The second-order valence-electron chi connectivity index (χ2n) is 3.44. The first-order chi connectivity index (χ1) is 10.1. The van der Waals surface area contributed by atoms with Gasteiger partial charge in [-0.25, -0.2) is 0 Å². The van der Waals surface area contributed by atoms with Crippen LogP contribution in [-0.2, 0) is 19.1 Å². The van der Waals surface area contributed by atoms with E-state index in [0.717, 1.165) is 0 Å². The summed E-state index contributed by atoms with van der Waals surface area (Å²) in [5.74, 6) is 19.2. The summed E-state index contributed by atoms with van der Waals surface area (Å²) in [5, 5.41) is 0. The average molecular weight is 282 g/mol. The molecule has 21 heavy (non-hydrogen) atoms. The van der Waals surface area contributed by atoms with E-state index in [4.69, 9.17) is 9.47 Å². The summed E-state index contributed by atoms with van der Waals surface area (Å²) in [4.78, 5) is 21.5. The smallest absolute Gasteiger partial charge is 0.303 e. The minimum atomic E-state index is -0.844. The Morgan fingerprint density at radius 2 is 1.62 bits per heavy atom. The Balaban J connectivity index is 4.56. The number of hydrogen-bond donors (Lipinski definition) is 0. The molecule has 0 saturated carbocycles. The molecule has 4 nitrogen and oxygen atoms in total. The lowest BCUT2D eigenvalue weighted by atomic mass is 10.3. The van der Waals surface area contributed by atoms with Gasteiger partial charge in [-0.1, -0.05) is 12.0 Å². The molecule has 0 rings (SSSR count). The summed E-state index contributed by atoms with van der Waals surface area (Å²) in [5.41, 5.74) is 0. The number of ether oxygens (including phenoxy) is 2. The van der Waals surface area contributed by atoms with Gasteiger partial charge < -0.3 is 9.47 Å². The second kappa shape index (κ2) is 12.0. The molecule has 106 valence electrons. The van der Waals surface area contributed by atoms with E-state index >= 15 is 0 Å². The van der Waals surface area contributed by atoms with Crippen molar-refractivity contribution in [1.29, 1.82) is 0 Å². The third-order valence-corrected chi connectivity index (χ3v) is 1.61. The van der Waals surface area contributed by atoms with E-state index in [-0.39, 0.29) is 6.61 Å². The van der Waals surface area contributed by atoms with E-state index in [1.165, 1.54) is 13.8 Å². The van der Waals surface area contributed by atoms with Crippen LogP contribution in [0.3, 0.4) is 0 Å². The molecule has 1 unspecified atom stereocenters. The maximum Gasteiger partial charge on any atom is 0.303 e. The van der Waals surface area contributed by atoms with Crippen LogP contribution in [0.1, 0.15) is 20.8 Å². The van der Waals surface area contributed by atoms with E-state index in [1.54, 1.807) is 12.2 Å². The zero-order valence-corrected chi connectivity index (χ0v) is 12.1. The molecule has 0 heterocycles. The Kier molecular flexibility index (Phi) is 10.2. The fraction of sp³-hybridized carbons (Fsp3) is 0.294. The van der Waals surface area contributed by atoms with Crippen molar-refractivity contribution < 1.29 is 19.1 Å². The molecular formula is C17H14O4. The van der Waals surface area contributed by atoms with Gasteiger partial charge >= 0.3 is 11.9 Å². The van der Waals surface area contributed by atoms with E-state index in [0.29, 0.717) is 0 Å². The van der Waals surface area contributed by atoms with Gasteiger partial charge in [-0.05, 0) is 54.4 Å². The topological polar surface area (TPSA) is 52.6 Å². The summed E-state index contributed by atoms with van der Waals surface area (Å²) >= 11 is 0. The maximum atomic E-state index is 10.8. The fourth-order valence-electron chi connectivity index (χ4n) is 0.901. The molecule has 0 saturated heterocycles. The number of carbonyl (C=O) groups excluding carboxylic acids is 2. The standard InChI is InChI=1S/C17H14O4/c1-4-5-6-7-8-9-10-11-12-13-17(21-16(3)19)14-20-15(2)18/h4-5,17H,14H2,1-3H3. The lowest BCUT2D eigenvalue weighted by molar-refractivity contribution is -0.152. The van der Waals surface area contributed by atoms with Gasteiger partial charge in [0.2, 0.25) is 0 Å². The third-order valence-electron chi connectivity index (χ3n) is 1.61. The van der Waals surface area contributed by atoms with Gasteiger partial charge in [-0.15, -0.1) is 0 Å². The zero-order chi connectivity index (χ0) is 15.9. The van der Waals surface area contributed by atoms with Crippen LogP contribution in [0.4, 0.5) is 0 Å². The molecule has 1 atom stereocenters. The fourth-order valence-corrected chi connectivity index (χ4v) is 0.901. The van der Waals surface area contributed by atoms with Gasteiger partial charge in [0.05, 0.1) is 0 Å². The maximum absolute atomic E-state index is 10.8. The lowest BCUT2D eigenvalue weighted by Crippen LogP contribution is -2.21. The number of rotatable bonds is 3. The van der Waals surface area contributed by atoms with Gasteiger partial charge in [-0.2, -0.15) is 0 Å². The quantitative estimate of drug-likeness (QED) is 0.574. The summed E-state index contributed by atoms with van der Waals surface area (Å²) in [7, 11) is 0. The Hall–Kier alpha value is -3.08. The largest absolute Gasteiger partial charge is 0.461 e. The number of allylic oxidation sites excluding steroid dienone is 2. The highest BCUT2D eigenvalue weighted by atomic mass is 16.6. The Labute approximate surface area is 124 Å². The van der Waals surface area contributed by atoms with E-state index < -0.39 is 18.0 Å². The first-order valence-corrected chi connectivity index (χ1v) is 5.99. The molecule has 0 N–H and O–H groups in total. The normalized spacial score (nSPS) is 9.29. The molecule has 0 bridgehead atoms. The van der Waals surface area contributed by atoms with Gasteiger partial charge in [0, 0.05) is 13.8 Å². The molecule has 0 aromatic rings. The van der Waals surface area contributed by atoms with Crippen LogP contribution in [0.25, 0.3) is 0 Å². The van der Waals surface area contributed by atoms with Crippen LogP contribution in [0.2, 0.25) is 0 Å². The minimum Gasteiger partial charge on any atom is -0.461 e. The summed E-state index contributed by atoms with van der Waals surface area (Å²) in [6.07, 6.45) is 2.62. The molecule has 4 heteroatoms. The molecule has 0 amide bonds. The highest BCUT2D eigenvalue weighted by Gasteiger charge is 2.10. The number of carbonyl (C=O) groups is 2. The van der Waals surface area contributed by atoms with Crippen molar-refractivity contribution in [2.24, 2.45) is 0 Å². The zero-order valence-electron chi connectivity index (χ0n) is 12.1. The lowest BCUT2D eigenvalue weighted by Gasteiger charge is -2.09. The first-order valence-electron chi connectivity index (χ1n) is 5.99. The Bertz CT molecular complexity index is 640. The third kappa shape index (κ3) is 13.2. The van der Waals surface area contributed by atoms with Crippen molar-refractivity contribution in [3.63, 3.8) is 0 Å². The van der Waals surface area contributed by atoms with Crippen molar-refractivity contribution >= 4 is 11.9 Å². The Morgan fingerprint density at radius 1 is 1.00 bits per heavy atom. The summed E-state index contributed by atoms with van der Waals surface area (Å²) in [6.45, 7) is 4.21. The van der Waals surface area contributed by atoms with Crippen LogP contribution in [-0.4, -0.2) is 24.6 Å². The SMILES string of the molecule is CC=CC#CC#CC#CC#CC(COC(C)=O)OC(C)=O. The van der Waals surface area contributed by atoms with Gasteiger partial charge in [-0.3, -0.25) is 9.59 Å².